The summed E-state index contributed by atoms with van der Waals surface area (Å²) in [6.45, 7) is -2.62. The van der Waals surface area contributed by atoms with Gasteiger partial charge in [0.2, 0.25) is 5.95 Å². The van der Waals surface area contributed by atoms with E-state index >= 15 is 0 Å². The van der Waals surface area contributed by atoms with Crippen LogP contribution in [0.5, 0.6) is 5.75 Å². The van der Waals surface area contributed by atoms with Crippen LogP contribution in [0.1, 0.15) is 15.9 Å². The molecule has 1 saturated heterocycles. The third kappa shape index (κ3) is 4.92. The molecule has 1 aromatic heterocycles. The second-order valence-electron chi connectivity index (χ2n) is 6.40. The van der Waals surface area contributed by atoms with Gasteiger partial charge in [-0.3, -0.25) is 9.53 Å². The van der Waals surface area contributed by atoms with Gasteiger partial charge in [0.25, 0.3) is 5.91 Å². The first-order valence-electron chi connectivity index (χ1n) is 8.72. The first-order valence-corrected chi connectivity index (χ1v) is 8.72. The number of nitrogens with one attached hydrogen (secondary N) is 2. The average molecular weight is 440 g/mol. The van der Waals surface area contributed by atoms with Crippen molar-refractivity contribution in [3.05, 3.63) is 35.5 Å². The molecule has 1 aliphatic heterocycles. The number of hydrogen-bond donors (Lipinski definition) is 2. The number of nitrogens with zero attached hydrogens (tertiary/aromatic N) is 4. The van der Waals surface area contributed by atoms with Crippen molar-refractivity contribution >= 4 is 23.4 Å². The van der Waals surface area contributed by atoms with Crippen LogP contribution in [-0.2, 0) is 4.74 Å². The fourth-order valence-corrected chi connectivity index (χ4v) is 2.87. The minimum Gasteiger partial charge on any atom is -0.495 e. The molecule has 0 atom stereocenters. The molecule has 1 amide bonds. The Morgan fingerprint density at radius 1 is 1.29 bits per heavy atom. The lowest BCUT2D eigenvalue weighted by Gasteiger charge is -2.36. The average Bonchev–Trinajstić information content (AvgIpc) is 2.71. The summed E-state index contributed by atoms with van der Waals surface area (Å²) in [7, 11) is 2.87. The summed E-state index contributed by atoms with van der Waals surface area (Å²) >= 11 is 0. The van der Waals surface area contributed by atoms with Gasteiger partial charge in [-0.25, -0.2) is 4.98 Å². The van der Waals surface area contributed by atoms with Gasteiger partial charge < -0.3 is 20.3 Å². The highest BCUT2D eigenvalue weighted by Crippen LogP contribution is 2.35. The third-order valence-electron chi connectivity index (χ3n) is 4.18. The minimum absolute atomic E-state index is 0.105. The molecule has 0 saturated carbocycles. The number of carbonyl (C=O) groups is 1. The molecule has 0 radical (unpaired) electrons. The van der Waals surface area contributed by atoms with E-state index in [4.69, 9.17) is 10.00 Å². The standard InChI is InChI=1S/C18H16F4N6O3/c1-24-14-11(6-23)7-25-16(27-14)26-12-4-3-10(5-13(12)30-2)15(29)28-8-17(19,20)31-18(21,22)9-28/h3-5,7H,8-9H2,1-2H3,(H2,24,25,26,27). The molecule has 2 heterocycles. The predicted octanol–water partition coefficient (Wildman–Crippen LogP) is 2.80. The van der Waals surface area contributed by atoms with Crippen molar-refractivity contribution in [2.24, 2.45) is 0 Å². The summed E-state index contributed by atoms with van der Waals surface area (Å²) in [4.78, 5) is 21.0. The van der Waals surface area contributed by atoms with E-state index in [0.717, 1.165) is 0 Å². The van der Waals surface area contributed by atoms with Crippen LogP contribution in [0.4, 0.5) is 35.0 Å². The van der Waals surface area contributed by atoms with Crippen molar-refractivity contribution in [1.82, 2.24) is 14.9 Å². The summed E-state index contributed by atoms with van der Waals surface area (Å²) in [6.07, 6.45) is -7.06. The van der Waals surface area contributed by atoms with Crippen LogP contribution < -0.4 is 15.4 Å². The second kappa shape index (κ2) is 8.23. The highest BCUT2D eigenvalue weighted by Gasteiger charge is 2.52. The molecule has 0 spiro atoms. The molecular formula is C18H16F4N6O3. The van der Waals surface area contributed by atoms with Crippen molar-refractivity contribution < 1.29 is 31.8 Å². The Morgan fingerprint density at radius 3 is 2.55 bits per heavy atom. The number of anilines is 3. The number of hydrogen-bond acceptors (Lipinski definition) is 8. The number of aromatic nitrogens is 2. The summed E-state index contributed by atoms with van der Waals surface area (Å²) in [5, 5.41) is 14.6. The summed E-state index contributed by atoms with van der Waals surface area (Å²) < 4.78 is 62.3. The number of carbonyl (C=O) groups excluding carboxylic acids is 1. The number of amides is 1. The van der Waals surface area contributed by atoms with Crippen molar-refractivity contribution in [1.29, 1.82) is 5.26 Å². The predicted molar refractivity (Wildman–Crippen MR) is 99.5 cm³/mol. The molecular weight excluding hydrogens is 424 g/mol. The zero-order valence-electron chi connectivity index (χ0n) is 16.2. The quantitative estimate of drug-likeness (QED) is 0.683. The second-order valence-corrected chi connectivity index (χ2v) is 6.40. The van der Waals surface area contributed by atoms with Gasteiger partial charge in [-0.05, 0) is 18.2 Å². The van der Waals surface area contributed by atoms with Gasteiger partial charge in [-0.1, -0.05) is 0 Å². The Hall–Kier alpha value is -3.66. The Bertz CT molecular complexity index is 1030. The highest BCUT2D eigenvalue weighted by molar-refractivity contribution is 5.95. The Morgan fingerprint density at radius 2 is 1.97 bits per heavy atom. The van der Waals surface area contributed by atoms with Crippen LogP contribution in [0.3, 0.4) is 0 Å². The molecule has 1 aliphatic rings. The van der Waals surface area contributed by atoms with Crippen LogP contribution in [0, 0.1) is 11.3 Å². The third-order valence-corrected chi connectivity index (χ3v) is 4.18. The maximum Gasteiger partial charge on any atom is 0.377 e. The fourth-order valence-electron chi connectivity index (χ4n) is 2.87. The highest BCUT2D eigenvalue weighted by atomic mass is 19.3. The molecule has 1 fully saturated rings. The van der Waals surface area contributed by atoms with Crippen molar-refractivity contribution in [3.8, 4) is 11.8 Å². The normalized spacial score (nSPS) is 16.9. The van der Waals surface area contributed by atoms with Crippen LogP contribution in [0.15, 0.2) is 24.4 Å². The number of methoxy groups -OCH3 is 1. The van der Waals surface area contributed by atoms with Gasteiger partial charge in [0, 0.05) is 12.6 Å². The van der Waals surface area contributed by atoms with Crippen LogP contribution in [0.25, 0.3) is 0 Å². The zero-order valence-corrected chi connectivity index (χ0v) is 16.2. The number of ether oxygens (including phenoxy) is 2. The lowest BCUT2D eigenvalue weighted by molar-refractivity contribution is -0.400. The largest absolute Gasteiger partial charge is 0.495 e. The molecule has 2 aromatic rings. The van der Waals surface area contributed by atoms with Gasteiger partial charge in [0.1, 0.15) is 36.3 Å². The number of rotatable bonds is 5. The molecule has 31 heavy (non-hydrogen) atoms. The maximum atomic E-state index is 13.4. The summed E-state index contributed by atoms with van der Waals surface area (Å²) in [5.41, 5.74) is 0.385. The van der Waals surface area contributed by atoms with E-state index in [0.29, 0.717) is 10.6 Å². The Kier molecular flexibility index (Phi) is 5.85. The lowest BCUT2D eigenvalue weighted by atomic mass is 10.1. The first-order chi connectivity index (χ1) is 14.6. The van der Waals surface area contributed by atoms with Gasteiger partial charge in [0.15, 0.2) is 0 Å². The molecule has 2 N–H and O–H groups in total. The van der Waals surface area contributed by atoms with E-state index in [2.05, 4.69) is 25.3 Å². The molecule has 0 unspecified atom stereocenters. The van der Waals surface area contributed by atoms with Crippen LogP contribution >= 0.6 is 0 Å². The van der Waals surface area contributed by atoms with E-state index in [1.165, 1.54) is 31.5 Å². The van der Waals surface area contributed by atoms with E-state index < -0.39 is 31.2 Å². The molecule has 164 valence electrons. The minimum atomic E-state index is -4.18. The molecule has 1 aromatic carbocycles. The number of alkyl halides is 4. The van der Waals surface area contributed by atoms with E-state index in [9.17, 15) is 22.4 Å². The maximum absolute atomic E-state index is 13.4. The monoisotopic (exact) mass is 440 g/mol. The van der Waals surface area contributed by atoms with Crippen molar-refractivity contribution in [2.75, 3.05) is 37.9 Å². The number of benzene rings is 1. The zero-order chi connectivity index (χ0) is 22.8. The van der Waals surface area contributed by atoms with Gasteiger partial charge in [-0.15, -0.1) is 0 Å². The Labute approximate surface area is 173 Å². The van der Waals surface area contributed by atoms with E-state index in [1.54, 1.807) is 7.05 Å². The first kappa shape index (κ1) is 22.0. The van der Waals surface area contributed by atoms with Gasteiger partial charge in [0.05, 0.1) is 19.0 Å². The summed E-state index contributed by atoms with van der Waals surface area (Å²) in [5.74, 6) is -0.552. The lowest BCUT2D eigenvalue weighted by Crippen LogP contribution is -2.56. The summed E-state index contributed by atoms with van der Waals surface area (Å²) in [6, 6.07) is 5.76. The number of nitriles is 1. The SMILES string of the molecule is CNc1nc(Nc2ccc(C(=O)N3CC(F)(F)OC(F)(F)C3)cc2OC)ncc1C#N. The van der Waals surface area contributed by atoms with Gasteiger partial charge in [-0.2, -0.15) is 27.8 Å². The molecule has 0 bridgehead atoms. The van der Waals surface area contributed by atoms with Crippen molar-refractivity contribution in [3.63, 3.8) is 0 Å². The van der Waals surface area contributed by atoms with Gasteiger partial charge >= 0.3 is 12.2 Å². The van der Waals surface area contributed by atoms with Crippen LogP contribution in [0.2, 0.25) is 0 Å². The number of halogens is 4. The molecule has 3 rings (SSSR count). The molecule has 13 heteroatoms. The van der Waals surface area contributed by atoms with E-state index in [-0.39, 0.29) is 28.6 Å². The smallest absolute Gasteiger partial charge is 0.377 e. The number of morpholine rings is 1. The molecule has 9 nitrogen and oxygen atoms in total. The topological polar surface area (TPSA) is 112 Å². The van der Waals surface area contributed by atoms with E-state index in [1.807, 2.05) is 6.07 Å². The van der Waals surface area contributed by atoms with Crippen LogP contribution in [-0.4, -0.2) is 60.2 Å². The van der Waals surface area contributed by atoms with Crippen molar-refractivity contribution in [2.45, 2.75) is 12.2 Å². The fraction of sp³-hybridized carbons (Fsp3) is 0.333. The Balaban J connectivity index is 1.85. The molecule has 0 aliphatic carbocycles.